The number of nitrogens with zero attached hydrogens (tertiary/aromatic N) is 1. The number of benzene rings is 1. The summed E-state index contributed by atoms with van der Waals surface area (Å²) in [6.45, 7) is 4.48. The molecule has 0 aromatic heterocycles. The first-order valence-corrected chi connectivity index (χ1v) is 7.01. The second-order valence-corrected chi connectivity index (χ2v) is 5.81. The number of nitrogens with one attached hydrogen (secondary N) is 1. The second-order valence-electron chi connectivity index (χ2n) is 5.43. The average Bonchev–Trinajstić information content (AvgIpc) is 2.43. The van der Waals surface area contributed by atoms with E-state index < -0.39 is 4.92 Å². The molecule has 0 unspecified atom stereocenters. The molecule has 6 nitrogen and oxygen atoms in total. The lowest BCUT2D eigenvalue weighted by Gasteiger charge is -2.23. The Labute approximate surface area is 128 Å². The molecule has 1 rings (SSSR count). The third kappa shape index (κ3) is 4.90. The highest BCUT2D eigenvalue weighted by atomic mass is 35.5. The summed E-state index contributed by atoms with van der Waals surface area (Å²) in [6.07, 6.45) is 0.776. The number of halogens is 1. The van der Waals surface area contributed by atoms with E-state index in [0.29, 0.717) is 18.0 Å². The summed E-state index contributed by atoms with van der Waals surface area (Å²) in [5.74, 6) is 0.285. The highest BCUT2D eigenvalue weighted by Gasteiger charge is 2.20. The minimum Gasteiger partial charge on any atom is -0.490 e. The molecule has 1 aromatic rings. The summed E-state index contributed by atoms with van der Waals surface area (Å²) in [5, 5.41) is 13.6. The molecule has 0 aliphatic rings. The third-order valence-corrected chi connectivity index (χ3v) is 3.33. The van der Waals surface area contributed by atoms with Gasteiger partial charge in [-0.1, -0.05) is 13.8 Å². The molecule has 0 heterocycles. The van der Waals surface area contributed by atoms with E-state index in [2.05, 4.69) is 5.32 Å². The van der Waals surface area contributed by atoms with Gasteiger partial charge in [-0.05, 0) is 17.9 Å². The summed E-state index contributed by atoms with van der Waals surface area (Å²) in [6, 6.07) is 4.03. The minimum absolute atomic E-state index is 0.0627. The van der Waals surface area contributed by atoms with E-state index >= 15 is 0 Å². The number of nitro benzene ring substituents is 1. The maximum absolute atomic E-state index is 12.1. The Morgan fingerprint density at radius 2 is 2.14 bits per heavy atom. The summed E-state index contributed by atoms with van der Waals surface area (Å²) < 4.78 is 4.94. The number of methoxy groups -OCH3 is 1. The SMILES string of the molecule is COc1cc(C(=O)NCC(C)(C)CCCl)ccc1[N+](=O)[O-]. The molecule has 0 fully saturated rings. The van der Waals surface area contributed by atoms with Crippen molar-refractivity contribution >= 4 is 23.2 Å². The van der Waals surface area contributed by atoms with Crippen molar-refractivity contribution in [3.8, 4) is 5.75 Å². The third-order valence-electron chi connectivity index (χ3n) is 3.14. The van der Waals surface area contributed by atoms with Gasteiger partial charge in [0.25, 0.3) is 5.91 Å². The molecule has 0 radical (unpaired) electrons. The number of rotatable bonds is 7. The first kappa shape index (κ1) is 17.2. The fraction of sp³-hybridized carbons (Fsp3) is 0.500. The van der Waals surface area contributed by atoms with Gasteiger partial charge >= 0.3 is 5.69 Å². The van der Waals surface area contributed by atoms with Crippen LogP contribution in [0.4, 0.5) is 5.69 Å². The molecular formula is C14H19ClN2O4. The van der Waals surface area contributed by atoms with Gasteiger partial charge in [-0.3, -0.25) is 14.9 Å². The molecule has 116 valence electrons. The Hall–Kier alpha value is -1.82. The van der Waals surface area contributed by atoms with Gasteiger partial charge in [0.05, 0.1) is 12.0 Å². The Morgan fingerprint density at radius 1 is 1.48 bits per heavy atom. The van der Waals surface area contributed by atoms with E-state index in [1.807, 2.05) is 13.8 Å². The quantitative estimate of drug-likeness (QED) is 0.476. The number of carbonyl (C=O) groups excluding carboxylic acids is 1. The van der Waals surface area contributed by atoms with Gasteiger partial charge in [-0.25, -0.2) is 0 Å². The van der Waals surface area contributed by atoms with Gasteiger partial charge in [0.2, 0.25) is 0 Å². The van der Waals surface area contributed by atoms with Gasteiger partial charge < -0.3 is 10.1 Å². The largest absolute Gasteiger partial charge is 0.490 e. The van der Waals surface area contributed by atoms with Crippen LogP contribution in [0.2, 0.25) is 0 Å². The standard InChI is InChI=1S/C14H19ClN2O4/c1-14(2,6-7-15)9-16-13(18)10-4-5-11(17(19)20)12(8-10)21-3/h4-5,8H,6-7,9H2,1-3H3,(H,16,18). The topological polar surface area (TPSA) is 81.5 Å². The van der Waals surface area contributed by atoms with Crippen LogP contribution in [0.25, 0.3) is 0 Å². The van der Waals surface area contributed by atoms with Crippen LogP contribution in [0.5, 0.6) is 5.75 Å². The fourth-order valence-electron chi connectivity index (χ4n) is 1.74. The lowest BCUT2D eigenvalue weighted by molar-refractivity contribution is -0.385. The molecule has 21 heavy (non-hydrogen) atoms. The molecule has 0 bridgehead atoms. The van der Waals surface area contributed by atoms with E-state index in [1.165, 1.54) is 25.3 Å². The normalized spacial score (nSPS) is 11.0. The predicted octanol–water partition coefficient (Wildman–Crippen LogP) is 2.99. The Bertz CT molecular complexity index is 532. The van der Waals surface area contributed by atoms with Gasteiger partial charge in [0, 0.05) is 30.1 Å². The molecule has 7 heteroatoms. The van der Waals surface area contributed by atoms with Gasteiger partial charge in [-0.15, -0.1) is 11.6 Å². The molecule has 0 aliphatic carbocycles. The molecule has 1 aromatic carbocycles. The zero-order valence-electron chi connectivity index (χ0n) is 12.3. The van der Waals surface area contributed by atoms with Crippen molar-refractivity contribution in [1.82, 2.24) is 5.32 Å². The number of ether oxygens (including phenoxy) is 1. The molecule has 1 amide bonds. The highest BCUT2D eigenvalue weighted by molar-refractivity contribution is 6.17. The first-order chi connectivity index (χ1) is 9.80. The summed E-state index contributed by atoms with van der Waals surface area (Å²) in [7, 11) is 1.33. The van der Waals surface area contributed by atoms with Crippen LogP contribution < -0.4 is 10.1 Å². The van der Waals surface area contributed by atoms with Crippen LogP contribution in [-0.4, -0.2) is 30.4 Å². The number of amides is 1. The van der Waals surface area contributed by atoms with Crippen LogP contribution in [0.3, 0.4) is 0 Å². The van der Waals surface area contributed by atoms with Crippen molar-refractivity contribution in [2.75, 3.05) is 19.5 Å². The number of hydrogen-bond acceptors (Lipinski definition) is 4. The average molecular weight is 315 g/mol. The maximum atomic E-state index is 12.1. The predicted molar refractivity (Wildman–Crippen MR) is 81.1 cm³/mol. The Morgan fingerprint density at radius 3 is 2.67 bits per heavy atom. The number of hydrogen-bond donors (Lipinski definition) is 1. The van der Waals surface area contributed by atoms with Crippen molar-refractivity contribution in [2.24, 2.45) is 5.41 Å². The van der Waals surface area contributed by atoms with E-state index in [9.17, 15) is 14.9 Å². The van der Waals surface area contributed by atoms with E-state index in [1.54, 1.807) is 0 Å². The Kier molecular flexibility index (Phi) is 5.96. The zero-order valence-corrected chi connectivity index (χ0v) is 13.1. The van der Waals surface area contributed by atoms with Crippen LogP contribution in [0.1, 0.15) is 30.6 Å². The molecule has 0 atom stereocenters. The smallest absolute Gasteiger partial charge is 0.310 e. The van der Waals surface area contributed by atoms with Crippen LogP contribution in [0.15, 0.2) is 18.2 Å². The Balaban J connectivity index is 2.82. The molecule has 0 aliphatic heterocycles. The minimum atomic E-state index is -0.551. The highest BCUT2D eigenvalue weighted by Crippen LogP contribution is 2.27. The lowest BCUT2D eigenvalue weighted by Crippen LogP contribution is -2.34. The first-order valence-electron chi connectivity index (χ1n) is 6.47. The van der Waals surface area contributed by atoms with E-state index in [0.717, 1.165) is 6.42 Å². The van der Waals surface area contributed by atoms with E-state index in [4.69, 9.17) is 16.3 Å². The van der Waals surface area contributed by atoms with Crippen LogP contribution in [-0.2, 0) is 0 Å². The number of nitro groups is 1. The van der Waals surface area contributed by atoms with Crippen molar-refractivity contribution in [2.45, 2.75) is 20.3 Å². The van der Waals surface area contributed by atoms with Crippen molar-refractivity contribution in [3.63, 3.8) is 0 Å². The van der Waals surface area contributed by atoms with Crippen molar-refractivity contribution in [1.29, 1.82) is 0 Å². The fourth-order valence-corrected chi connectivity index (χ4v) is 2.25. The van der Waals surface area contributed by atoms with Gasteiger partial charge in [0.15, 0.2) is 5.75 Å². The maximum Gasteiger partial charge on any atom is 0.310 e. The van der Waals surface area contributed by atoms with Crippen molar-refractivity contribution < 1.29 is 14.5 Å². The van der Waals surface area contributed by atoms with Crippen LogP contribution in [0, 0.1) is 15.5 Å². The molecule has 0 spiro atoms. The number of carbonyl (C=O) groups is 1. The van der Waals surface area contributed by atoms with Crippen LogP contribution >= 0.6 is 11.6 Å². The summed E-state index contributed by atoms with van der Waals surface area (Å²) >= 11 is 5.71. The van der Waals surface area contributed by atoms with Gasteiger partial charge in [-0.2, -0.15) is 0 Å². The monoisotopic (exact) mass is 314 g/mol. The van der Waals surface area contributed by atoms with Crippen molar-refractivity contribution in [3.05, 3.63) is 33.9 Å². The number of alkyl halides is 1. The summed E-state index contributed by atoms with van der Waals surface area (Å²) in [5.41, 5.74) is 0.0399. The summed E-state index contributed by atoms with van der Waals surface area (Å²) in [4.78, 5) is 22.3. The lowest BCUT2D eigenvalue weighted by atomic mass is 9.90. The van der Waals surface area contributed by atoms with Gasteiger partial charge in [0.1, 0.15) is 0 Å². The molecule has 0 saturated carbocycles. The van der Waals surface area contributed by atoms with E-state index in [-0.39, 0.29) is 22.8 Å². The second kappa shape index (κ2) is 7.26. The molecule has 0 saturated heterocycles. The zero-order chi connectivity index (χ0) is 16.0. The molecule has 1 N–H and O–H groups in total. The molecular weight excluding hydrogens is 296 g/mol.